The molecule has 2 aromatic carbocycles. The first-order valence-electron chi connectivity index (χ1n) is 13.3. The molecule has 0 spiro atoms. The Morgan fingerprint density at radius 3 is 2.27 bits per heavy atom. The highest BCUT2D eigenvalue weighted by molar-refractivity contribution is 7.87. The van der Waals surface area contributed by atoms with Crippen LogP contribution in [0.1, 0.15) is 48.7 Å². The molecule has 0 bridgehead atoms. The lowest BCUT2D eigenvalue weighted by Gasteiger charge is -2.36. The van der Waals surface area contributed by atoms with Crippen molar-refractivity contribution in [3.05, 3.63) is 59.2 Å². The van der Waals surface area contributed by atoms with E-state index in [0.717, 1.165) is 17.7 Å². The molecule has 3 rings (SSSR count). The van der Waals surface area contributed by atoms with Crippen LogP contribution in [-0.4, -0.2) is 75.1 Å². The van der Waals surface area contributed by atoms with Gasteiger partial charge >= 0.3 is 5.97 Å². The number of anilines is 1. The molecular weight excluding hydrogens is 546 g/mol. The van der Waals surface area contributed by atoms with Gasteiger partial charge in [0.2, 0.25) is 0 Å². The minimum atomic E-state index is -3.93. The summed E-state index contributed by atoms with van der Waals surface area (Å²) >= 11 is 0. The van der Waals surface area contributed by atoms with Gasteiger partial charge in [0.25, 0.3) is 16.1 Å². The predicted octanol–water partition coefficient (Wildman–Crippen LogP) is 2.19. The second-order valence-corrected chi connectivity index (χ2v) is 11.5. The maximum absolute atomic E-state index is 12.7. The molecule has 1 atom stereocenters. The number of piperazine rings is 1. The Bertz CT molecular complexity index is 1430. The highest BCUT2D eigenvalue weighted by Gasteiger charge is 2.33. The number of carboxylic acids is 1. The lowest BCUT2D eigenvalue weighted by molar-refractivity contribution is -0.140. The number of nitrogens with one attached hydrogen (secondary N) is 2. The first-order chi connectivity index (χ1) is 19.6. The molecule has 41 heavy (non-hydrogen) atoms. The third-order valence-electron chi connectivity index (χ3n) is 6.38. The predicted molar refractivity (Wildman–Crippen MR) is 155 cm³/mol. The summed E-state index contributed by atoms with van der Waals surface area (Å²) in [6, 6.07) is 13.4. The van der Waals surface area contributed by atoms with Crippen molar-refractivity contribution in [2.45, 2.75) is 33.2 Å². The average molecular weight is 582 g/mol. The number of carbonyl (C=O) groups is 2. The second-order valence-electron chi connectivity index (χ2n) is 9.77. The van der Waals surface area contributed by atoms with E-state index in [4.69, 9.17) is 10.00 Å². The molecule has 0 aliphatic carbocycles. The summed E-state index contributed by atoms with van der Waals surface area (Å²) in [5.74, 6) is 4.59. The van der Waals surface area contributed by atoms with Crippen LogP contribution in [0.5, 0.6) is 5.75 Å². The quantitative estimate of drug-likeness (QED) is 0.270. The number of nitriles is 1. The van der Waals surface area contributed by atoms with Crippen molar-refractivity contribution >= 4 is 27.8 Å². The lowest BCUT2D eigenvalue weighted by atomic mass is 10.1. The molecule has 1 heterocycles. The fraction of sp³-hybridized carbons (Fsp3) is 0.414. The monoisotopic (exact) mass is 581 g/mol. The standard InChI is InChI=1S/C29H35N5O6S/c1-4-19-40-26-12-9-23(20-25(26)28(35)31-14-13-30)6-5-22-7-10-24(11-8-22)33-15-17-34(18-16-33)41(38,39)32-27(21(2)3)29(36)37/h7-12,20-21,27,32H,4,14-19H2,1-3H3,(H,31,35)(H,36,37). The van der Waals surface area contributed by atoms with Crippen LogP contribution in [0.15, 0.2) is 42.5 Å². The zero-order chi connectivity index (χ0) is 30.0. The Balaban J connectivity index is 1.65. The number of amides is 1. The molecular formula is C29H35N5O6S. The Hall–Kier alpha value is -4.10. The van der Waals surface area contributed by atoms with Crippen molar-refractivity contribution in [1.29, 1.82) is 5.26 Å². The van der Waals surface area contributed by atoms with Crippen molar-refractivity contribution < 1.29 is 27.9 Å². The fourth-order valence-electron chi connectivity index (χ4n) is 4.13. The van der Waals surface area contributed by atoms with Gasteiger partial charge in [0.1, 0.15) is 18.3 Å². The van der Waals surface area contributed by atoms with E-state index in [1.54, 1.807) is 32.0 Å². The summed E-state index contributed by atoms with van der Waals surface area (Å²) in [7, 11) is -3.93. The second kappa shape index (κ2) is 14.5. The van der Waals surface area contributed by atoms with E-state index in [9.17, 15) is 23.1 Å². The van der Waals surface area contributed by atoms with Gasteiger partial charge in [-0.25, -0.2) is 0 Å². The van der Waals surface area contributed by atoms with Gasteiger partial charge in [-0.15, -0.1) is 0 Å². The van der Waals surface area contributed by atoms with Gasteiger partial charge in [-0.1, -0.05) is 32.6 Å². The zero-order valence-corrected chi connectivity index (χ0v) is 24.2. The van der Waals surface area contributed by atoms with Gasteiger partial charge in [-0.05, 0) is 54.8 Å². The minimum Gasteiger partial charge on any atom is -0.493 e. The van der Waals surface area contributed by atoms with E-state index in [1.165, 1.54) is 4.31 Å². The van der Waals surface area contributed by atoms with Gasteiger partial charge in [-0.2, -0.15) is 22.7 Å². The number of rotatable bonds is 11. The summed E-state index contributed by atoms with van der Waals surface area (Å²) in [5, 5.41) is 20.6. The van der Waals surface area contributed by atoms with Crippen LogP contribution in [0.2, 0.25) is 0 Å². The van der Waals surface area contributed by atoms with E-state index in [1.807, 2.05) is 37.3 Å². The Labute approximate surface area is 241 Å². The number of aliphatic carboxylic acids is 1. The van der Waals surface area contributed by atoms with E-state index >= 15 is 0 Å². The summed E-state index contributed by atoms with van der Waals surface area (Å²) in [5.41, 5.74) is 2.61. The molecule has 1 unspecified atom stereocenters. The molecule has 3 N–H and O–H groups in total. The van der Waals surface area contributed by atoms with Gasteiger partial charge in [0, 0.05) is 43.0 Å². The molecule has 1 saturated heterocycles. The maximum atomic E-state index is 12.7. The van der Waals surface area contributed by atoms with Gasteiger partial charge in [0.05, 0.1) is 18.2 Å². The molecule has 1 amide bonds. The van der Waals surface area contributed by atoms with Crippen LogP contribution < -0.4 is 19.7 Å². The van der Waals surface area contributed by atoms with Gasteiger partial charge in [-0.3, -0.25) is 9.59 Å². The molecule has 2 aromatic rings. The normalized spacial score (nSPS) is 14.5. The molecule has 1 aliphatic heterocycles. The molecule has 0 saturated carbocycles. The summed E-state index contributed by atoms with van der Waals surface area (Å²) in [6.07, 6.45) is 0.786. The third kappa shape index (κ3) is 8.69. The number of hydrogen-bond donors (Lipinski definition) is 3. The van der Waals surface area contributed by atoms with Crippen molar-refractivity contribution in [2.24, 2.45) is 5.92 Å². The van der Waals surface area contributed by atoms with E-state index in [2.05, 4.69) is 26.8 Å². The largest absolute Gasteiger partial charge is 0.493 e. The summed E-state index contributed by atoms with van der Waals surface area (Å²) in [6.45, 7) is 6.98. The molecule has 11 nitrogen and oxygen atoms in total. The van der Waals surface area contributed by atoms with Crippen LogP contribution in [0.3, 0.4) is 0 Å². The summed E-state index contributed by atoms with van der Waals surface area (Å²) in [4.78, 5) is 26.0. The minimum absolute atomic E-state index is 0.112. The first kappa shape index (κ1) is 31.4. The molecule has 1 aliphatic rings. The van der Waals surface area contributed by atoms with Crippen molar-refractivity contribution in [1.82, 2.24) is 14.3 Å². The maximum Gasteiger partial charge on any atom is 0.322 e. The summed E-state index contributed by atoms with van der Waals surface area (Å²) < 4.78 is 34.7. The van der Waals surface area contributed by atoms with Crippen LogP contribution in [0.25, 0.3) is 0 Å². The van der Waals surface area contributed by atoms with Crippen molar-refractivity contribution in [2.75, 3.05) is 44.2 Å². The number of carboxylic acid groups (broad SMARTS) is 1. The Morgan fingerprint density at radius 2 is 1.68 bits per heavy atom. The average Bonchev–Trinajstić information content (AvgIpc) is 2.96. The molecule has 0 radical (unpaired) electrons. The highest BCUT2D eigenvalue weighted by Crippen LogP contribution is 2.21. The molecule has 218 valence electrons. The number of carbonyl (C=O) groups excluding carboxylic acids is 1. The van der Waals surface area contributed by atoms with Crippen LogP contribution in [-0.2, 0) is 15.0 Å². The Morgan fingerprint density at radius 1 is 1.05 bits per heavy atom. The molecule has 1 fully saturated rings. The van der Waals surface area contributed by atoms with Crippen LogP contribution in [0, 0.1) is 29.1 Å². The van der Waals surface area contributed by atoms with E-state index in [-0.39, 0.29) is 25.6 Å². The topological polar surface area (TPSA) is 152 Å². The molecule has 12 heteroatoms. The molecule has 0 aromatic heterocycles. The Kier molecular flexibility index (Phi) is 11.1. The fourth-order valence-corrected chi connectivity index (χ4v) is 5.62. The van der Waals surface area contributed by atoms with E-state index in [0.29, 0.717) is 36.6 Å². The highest BCUT2D eigenvalue weighted by atomic mass is 32.2. The number of benzene rings is 2. The van der Waals surface area contributed by atoms with Gasteiger partial charge < -0.3 is 20.1 Å². The first-order valence-corrected chi connectivity index (χ1v) is 14.8. The number of hydrogen-bond acceptors (Lipinski definition) is 7. The third-order valence-corrected chi connectivity index (χ3v) is 7.98. The van der Waals surface area contributed by atoms with E-state index < -0.39 is 28.1 Å². The zero-order valence-electron chi connectivity index (χ0n) is 23.4. The number of nitrogens with zero attached hydrogens (tertiary/aromatic N) is 3. The van der Waals surface area contributed by atoms with Gasteiger partial charge in [0.15, 0.2) is 0 Å². The van der Waals surface area contributed by atoms with Crippen molar-refractivity contribution in [3.8, 4) is 23.7 Å². The van der Waals surface area contributed by atoms with Crippen LogP contribution in [0.4, 0.5) is 5.69 Å². The van der Waals surface area contributed by atoms with Crippen molar-refractivity contribution in [3.63, 3.8) is 0 Å². The smallest absolute Gasteiger partial charge is 0.322 e. The lowest BCUT2D eigenvalue weighted by Crippen LogP contribution is -2.55. The van der Waals surface area contributed by atoms with Crippen LogP contribution >= 0.6 is 0 Å². The SMILES string of the molecule is CCCOc1ccc(C#Cc2ccc(N3CCN(S(=O)(=O)NC(C(=O)O)C(C)C)CC3)cc2)cc1C(=O)NCC#N. The number of ether oxygens (including phenoxy) is 1.